The van der Waals surface area contributed by atoms with Crippen LogP contribution in [0.15, 0.2) is 48.8 Å². The third-order valence-corrected chi connectivity index (χ3v) is 5.14. The van der Waals surface area contributed by atoms with Gasteiger partial charge in [-0.2, -0.15) is 0 Å². The van der Waals surface area contributed by atoms with E-state index in [0.717, 1.165) is 24.2 Å². The van der Waals surface area contributed by atoms with Crippen LogP contribution in [0.2, 0.25) is 0 Å². The Kier molecular flexibility index (Phi) is 5.99. The van der Waals surface area contributed by atoms with Gasteiger partial charge in [0.1, 0.15) is 18.0 Å². The van der Waals surface area contributed by atoms with E-state index in [2.05, 4.69) is 10.3 Å². The van der Waals surface area contributed by atoms with Gasteiger partial charge in [-0.05, 0) is 49.6 Å². The van der Waals surface area contributed by atoms with Crippen LogP contribution in [0, 0.1) is 6.92 Å². The minimum absolute atomic E-state index is 0.148. The molecular weight excluding hydrogens is 352 g/mol. The van der Waals surface area contributed by atoms with Crippen LogP contribution < -0.4 is 15.8 Å². The van der Waals surface area contributed by atoms with Crippen molar-refractivity contribution < 1.29 is 9.53 Å². The smallest absolute Gasteiger partial charge is 0.251 e. The SMILES string of the molecule is CCC(N)(CC)CNC(=O)c1cccc(OCc2cn3cc(C)ccc3n2)c1. The van der Waals surface area contributed by atoms with E-state index < -0.39 is 0 Å². The van der Waals surface area contributed by atoms with Crippen molar-refractivity contribution in [1.29, 1.82) is 0 Å². The summed E-state index contributed by atoms with van der Waals surface area (Å²) >= 11 is 0. The summed E-state index contributed by atoms with van der Waals surface area (Å²) in [7, 11) is 0. The van der Waals surface area contributed by atoms with Crippen molar-refractivity contribution in [2.75, 3.05) is 6.54 Å². The highest BCUT2D eigenvalue weighted by atomic mass is 16.5. The number of hydrogen-bond donors (Lipinski definition) is 2. The first-order valence-corrected chi connectivity index (χ1v) is 9.66. The zero-order chi connectivity index (χ0) is 20.1. The topological polar surface area (TPSA) is 81.6 Å². The number of imidazole rings is 1. The first kappa shape index (κ1) is 19.9. The van der Waals surface area contributed by atoms with E-state index >= 15 is 0 Å². The van der Waals surface area contributed by atoms with Crippen LogP contribution in [0.3, 0.4) is 0 Å². The fraction of sp³-hybridized carbons (Fsp3) is 0.364. The lowest BCUT2D eigenvalue weighted by Gasteiger charge is -2.26. The number of amides is 1. The molecule has 28 heavy (non-hydrogen) atoms. The molecule has 3 N–H and O–H groups in total. The zero-order valence-electron chi connectivity index (χ0n) is 16.7. The predicted molar refractivity (Wildman–Crippen MR) is 111 cm³/mol. The summed E-state index contributed by atoms with van der Waals surface area (Å²) < 4.78 is 7.83. The maximum atomic E-state index is 12.5. The van der Waals surface area contributed by atoms with Gasteiger partial charge in [-0.1, -0.05) is 26.0 Å². The molecule has 0 spiro atoms. The van der Waals surface area contributed by atoms with Crippen molar-refractivity contribution in [3.8, 4) is 5.75 Å². The molecule has 1 aromatic carbocycles. The van der Waals surface area contributed by atoms with Gasteiger partial charge in [-0.15, -0.1) is 0 Å². The van der Waals surface area contributed by atoms with Gasteiger partial charge in [0.15, 0.2) is 0 Å². The highest BCUT2D eigenvalue weighted by Gasteiger charge is 2.21. The van der Waals surface area contributed by atoms with Crippen LogP contribution in [0.1, 0.15) is 48.3 Å². The lowest BCUT2D eigenvalue weighted by Crippen LogP contribution is -2.49. The molecule has 6 nitrogen and oxygen atoms in total. The molecule has 3 rings (SSSR count). The number of rotatable bonds is 8. The van der Waals surface area contributed by atoms with Gasteiger partial charge in [0.2, 0.25) is 0 Å². The van der Waals surface area contributed by atoms with E-state index in [1.54, 1.807) is 12.1 Å². The molecule has 3 aromatic rings. The largest absolute Gasteiger partial charge is 0.487 e. The second kappa shape index (κ2) is 8.44. The molecule has 1 amide bonds. The fourth-order valence-corrected chi connectivity index (χ4v) is 2.97. The summed E-state index contributed by atoms with van der Waals surface area (Å²) in [5.74, 6) is 0.483. The van der Waals surface area contributed by atoms with Gasteiger partial charge in [-0.3, -0.25) is 4.79 Å². The normalized spacial score (nSPS) is 11.6. The fourth-order valence-electron chi connectivity index (χ4n) is 2.97. The first-order valence-electron chi connectivity index (χ1n) is 9.66. The Balaban J connectivity index is 1.63. The van der Waals surface area contributed by atoms with E-state index in [4.69, 9.17) is 10.5 Å². The number of aromatic nitrogens is 2. The first-order chi connectivity index (χ1) is 13.4. The summed E-state index contributed by atoms with van der Waals surface area (Å²) in [6.45, 7) is 6.89. The molecule has 2 aromatic heterocycles. The van der Waals surface area contributed by atoms with Gasteiger partial charge in [-0.25, -0.2) is 4.98 Å². The standard InChI is InChI=1S/C22H28N4O2/c1-4-22(23,5-2)15-24-21(27)17-7-6-8-19(11-17)28-14-18-13-26-12-16(3)9-10-20(26)25-18/h6-13H,4-5,14-15,23H2,1-3H3,(H,24,27). The number of ether oxygens (including phenoxy) is 1. The molecule has 6 heteroatoms. The highest BCUT2D eigenvalue weighted by Crippen LogP contribution is 2.16. The third kappa shape index (κ3) is 4.70. The minimum atomic E-state index is -0.370. The number of carbonyl (C=O) groups excluding carboxylic acids is 1. The summed E-state index contributed by atoms with van der Waals surface area (Å²) in [5.41, 5.74) is 9.33. The monoisotopic (exact) mass is 380 g/mol. The second-order valence-corrected chi connectivity index (χ2v) is 7.27. The number of fused-ring (bicyclic) bond motifs is 1. The van der Waals surface area contributed by atoms with Crippen LogP contribution in [0.5, 0.6) is 5.75 Å². The molecule has 0 aliphatic rings. The van der Waals surface area contributed by atoms with Crippen molar-refractivity contribution >= 4 is 11.6 Å². The Labute approximate surface area is 165 Å². The van der Waals surface area contributed by atoms with Crippen molar-refractivity contribution in [1.82, 2.24) is 14.7 Å². The van der Waals surface area contributed by atoms with Crippen LogP contribution >= 0.6 is 0 Å². The number of carbonyl (C=O) groups is 1. The van der Waals surface area contributed by atoms with Crippen LogP contribution in [-0.2, 0) is 6.61 Å². The van der Waals surface area contributed by atoms with Gasteiger partial charge in [0.25, 0.3) is 5.91 Å². The molecule has 0 fully saturated rings. The van der Waals surface area contributed by atoms with E-state index in [9.17, 15) is 4.79 Å². The van der Waals surface area contributed by atoms with Crippen molar-refractivity contribution in [3.05, 3.63) is 65.6 Å². The lowest BCUT2D eigenvalue weighted by atomic mass is 9.94. The number of pyridine rings is 1. The minimum Gasteiger partial charge on any atom is -0.487 e. The van der Waals surface area contributed by atoms with Gasteiger partial charge >= 0.3 is 0 Å². The van der Waals surface area contributed by atoms with Crippen molar-refractivity contribution in [3.63, 3.8) is 0 Å². The highest BCUT2D eigenvalue weighted by molar-refractivity contribution is 5.94. The van der Waals surface area contributed by atoms with Crippen molar-refractivity contribution in [2.24, 2.45) is 5.73 Å². The Morgan fingerprint density at radius 2 is 2.00 bits per heavy atom. The molecular formula is C22H28N4O2. The number of benzene rings is 1. The summed E-state index contributed by atoms with van der Waals surface area (Å²) in [5, 5.41) is 2.93. The summed E-state index contributed by atoms with van der Waals surface area (Å²) in [6.07, 6.45) is 5.60. The predicted octanol–water partition coefficient (Wildman–Crippen LogP) is 3.47. The molecule has 0 saturated heterocycles. The molecule has 2 heterocycles. The second-order valence-electron chi connectivity index (χ2n) is 7.27. The van der Waals surface area contributed by atoms with Crippen LogP contribution in [-0.4, -0.2) is 27.4 Å². The Hall–Kier alpha value is -2.86. The maximum absolute atomic E-state index is 12.5. The molecule has 0 atom stereocenters. The number of nitrogens with two attached hydrogens (primary N) is 1. The molecule has 0 aliphatic heterocycles. The van der Waals surface area contributed by atoms with E-state index in [1.807, 2.05) is 61.8 Å². The molecule has 0 saturated carbocycles. The van der Waals surface area contributed by atoms with Crippen molar-refractivity contribution in [2.45, 2.75) is 45.8 Å². The summed E-state index contributed by atoms with van der Waals surface area (Å²) in [6, 6.07) is 11.2. The third-order valence-electron chi connectivity index (χ3n) is 5.14. The van der Waals surface area contributed by atoms with Crippen LogP contribution in [0.25, 0.3) is 5.65 Å². The zero-order valence-corrected chi connectivity index (χ0v) is 16.7. The number of nitrogens with one attached hydrogen (secondary N) is 1. The Morgan fingerprint density at radius 1 is 1.21 bits per heavy atom. The van der Waals surface area contributed by atoms with Gasteiger partial charge in [0.05, 0.1) is 5.69 Å². The Bertz CT molecular complexity index is 960. The van der Waals surface area contributed by atoms with E-state index in [-0.39, 0.29) is 11.4 Å². The number of nitrogens with zero attached hydrogens (tertiary/aromatic N) is 2. The molecule has 148 valence electrons. The molecule has 0 aliphatic carbocycles. The quantitative estimate of drug-likeness (QED) is 0.627. The molecule has 0 radical (unpaired) electrons. The average Bonchev–Trinajstić information content (AvgIpc) is 3.12. The molecule has 0 unspecified atom stereocenters. The van der Waals surface area contributed by atoms with Crippen LogP contribution in [0.4, 0.5) is 0 Å². The van der Waals surface area contributed by atoms with E-state index in [0.29, 0.717) is 24.5 Å². The molecule has 0 bridgehead atoms. The Morgan fingerprint density at radius 3 is 2.75 bits per heavy atom. The maximum Gasteiger partial charge on any atom is 0.251 e. The summed E-state index contributed by atoms with van der Waals surface area (Å²) in [4.78, 5) is 17.0. The van der Waals surface area contributed by atoms with E-state index in [1.165, 1.54) is 5.56 Å². The van der Waals surface area contributed by atoms with Gasteiger partial charge < -0.3 is 20.2 Å². The average molecular weight is 380 g/mol. The number of hydrogen-bond acceptors (Lipinski definition) is 4. The van der Waals surface area contributed by atoms with Gasteiger partial charge in [0, 0.05) is 30.0 Å². The number of aryl methyl sites for hydroxylation is 1. The lowest BCUT2D eigenvalue weighted by molar-refractivity contribution is 0.0941.